The number of carbonyl (C=O) groups excluding carboxylic acids is 1. The average molecular weight is 280 g/mol. The Morgan fingerprint density at radius 2 is 2.14 bits per heavy atom. The first kappa shape index (κ1) is 13.5. The summed E-state index contributed by atoms with van der Waals surface area (Å²) in [7, 11) is 0. The molecule has 4 heteroatoms. The fraction of sp³-hybridized carbons (Fsp3) is 0.176. The Hall–Kier alpha value is -2.46. The molecule has 1 aliphatic carbocycles. The maximum Gasteiger partial charge on any atom is 0.244 e. The Morgan fingerprint density at radius 1 is 1.29 bits per heavy atom. The Balaban J connectivity index is 1.69. The molecule has 106 valence electrons. The van der Waals surface area contributed by atoms with E-state index in [9.17, 15) is 9.90 Å². The number of amides is 1. The number of hydrogen-bond donors (Lipinski definition) is 2. The van der Waals surface area contributed by atoms with Gasteiger partial charge in [0.2, 0.25) is 5.91 Å². The summed E-state index contributed by atoms with van der Waals surface area (Å²) in [6, 6.07) is 11.1. The molecule has 0 fully saturated rings. The molecular formula is C17H16N2O2. The Labute approximate surface area is 123 Å². The molecule has 4 nitrogen and oxygen atoms in total. The Morgan fingerprint density at radius 3 is 2.95 bits per heavy atom. The van der Waals surface area contributed by atoms with E-state index >= 15 is 0 Å². The lowest BCUT2D eigenvalue weighted by atomic mass is 10.1. The van der Waals surface area contributed by atoms with Crippen LogP contribution in [0.4, 0.5) is 0 Å². The topological polar surface area (TPSA) is 62.2 Å². The number of fused-ring (bicyclic) bond motifs is 1. The fourth-order valence-corrected chi connectivity index (χ4v) is 2.60. The second kappa shape index (κ2) is 5.89. The van der Waals surface area contributed by atoms with Crippen molar-refractivity contribution in [2.45, 2.75) is 18.6 Å². The highest BCUT2D eigenvalue weighted by molar-refractivity contribution is 5.92. The number of nitrogens with zero attached hydrogens (tertiary/aromatic N) is 1. The molecule has 1 heterocycles. The average Bonchev–Trinajstić information content (AvgIpc) is 2.82. The second-order valence-corrected chi connectivity index (χ2v) is 5.08. The zero-order valence-electron chi connectivity index (χ0n) is 11.4. The standard InChI is InChI=1S/C17H16N2O2/c20-15-10-13-5-1-2-6-14(13)17(15)19-16(21)8-7-12-4-3-9-18-11-12/h1-9,11,15,17,20H,10H2,(H,19,21)/b8-7+/t15-,17+/m1/s1. The van der Waals surface area contributed by atoms with Crippen LogP contribution in [0, 0.1) is 0 Å². The highest BCUT2D eigenvalue weighted by Crippen LogP contribution is 2.31. The highest BCUT2D eigenvalue weighted by atomic mass is 16.3. The van der Waals surface area contributed by atoms with Crippen molar-refractivity contribution in [2.24, 2.45) is 0 Å². The maximum atomic E-state index is 12.0. The maximum absolute atomic E-state index is 12.0. The van der Waals surface area contributed by atoms with Crippen LogP contribution < -0.4 is 5.32 Å². The van der Waals surface area contributed by atoms with E-state index in [2.05, 4.69) is 10.3 Å². The van der Waals surface area contributed by atoms with Crippen LogP contribution in [0.15, 0.2) is 54.9 Å². The molecule has 1 aliphatic rings. The number of pyridine rings is 1. The van der Waals surface area contributed by atoms with Gasteiger partial charge in [-0.05, 0) is 28.8 Å². The van der Waals surface area contributed by atoms with Crippen molar-refractivity contribution in [3.8, 4) is 0 Å². The molecule has 1 aromatic heterocycles. The van der Waals surface area contributed by atoms with Crippen LogP contribution in [0.1, 0.15) is 22.7 Å². The molecule has 21 heavy (non-hydrogen) atoms. The molecule has 1 amide bonds. The van der Waals surface area contributed by atoms with E-state index in [-0.39, 0.29) is 11.9 Å². The normalized spacial score (nSPS) is 20.4. The molecule has 2 atom stereocenters. The highest BCUT2D eigenvalue weighted by Gasteiger charge is 2.31. The van der Waals surface area contributed by atoms with Crippen LogP contribution in [0.3, 0.4) is 0 Å². The van der Waals surface area contributed by atoms with Gasteiger partial charge in [0.1, 0.15) is 0 Å². The summed E-state index contributed by atoms with van der Waals surface area (Å²) < 4.78 is 0. The van der Waals surface area contributed by atoms with Crippen LogP contribution in [-0.4, -0.2) is 22.1 Å². The number of rotatable bonds is 3. The van der Waals surface area contributed by atoms with E-state index in [0.29, 0.717) is 6.42 Å². The minimum atomic E-state index is -0.571. The minimum absolute atomic E-state index is 0.223. The lowest BCUT2D eigenvalue weighted by Crippen LogP contribution is -2.32. The van der Waals surface area contributed by atoms with Gasteiger partial charge in [-0.25, -0.2) is 0 Å². The predicted molar refractivity (Wildman–Crippen MR) is 80.3 cm³/mol. The van der Waals surface area contributed by atoms with E-state index in [1.807, 2.05) is 36.4 Å². The molecule has 0 saturated heterocycles. The molecule has 0 radical (unpaired) electrons. The van der Waals surface area contributed by atoms with E-state index in [0.717, 1.165) is 16.7 Å². The van der Waals surface area contributed by atoms with Crippen molar-refractivity contribution in [2.75, 3.05) is 0 Å². The van der Waals surface area contributed by atoms with Gasteiger partial charge in [-0.3, -0.25) is 9.78 Å². The van der Waals surface area contributed by atoms with Gasteiger partial charge in [-0.15, -0.1) is 0 Å². The van der Waals surface area contributed by atoms with Crippen LogP contribution in [0.2, 0.25) is 0 Å². The largest absolute Gasteiger partial charge is 0.390 e. The molecular weight excluding hydrogens is 264 g/mol. The quantitative estimate of drug-likeness (QED) is 0.844. The summed E-state index contributed by atoms with van der Waals surface area (Å²) in [6.45, 7) is 0. The molecule has 3 rings (SSSR count). The third-order valence-electron chi connectivity index (χ3n) is 3.61. The number of aliphatic hydroxyl groups excluding tert-OH is 1. The van der Waals surface area contributed by atoms with Gasteiger partial charge >= 0.3 is 0 Å². The summed E-state index contributed by atoms with van der Waals surface area (Å²) in [4.78, 5) is 16.0. The van der Waals surface area contributed by atoms with Crippen molar-refractivity contribution in [3.05, 3.63) is 71.6 Å². The summed E-state index contributed by atoms with van der Waals surface area (Å²) in [5.41, 5.74) is 2.94. The lowest BCUT2D eigenvalue weighted by molar-refractivity contribution is -0.117. The summed E-state index contributed by atoms with van der Waals surface area (Å²) in [6.07, 6.45) is 6.54. The van der Waals surface area contributed by atoms with Crippen molar-refractivity contribution in [1.29, 1.82) is 0 Å². The minimum Gasteiger partial charge on any atom is -0.390 e. The lowest BCUT2D eigenvalue weighted by Gasteiger charge is -2.16. The molecule has 1 aromatic carbocycles. The molecule has 0 saturated carbocycles. The zero-order valence-corrected chi connectivity index (χ0v) is 11.4. The number of hydrogen-bond acceptors (Lipinski definition) is 3. The summed E-state index contributed by atoms with van der Waals surface area (Å²) in [5, 5.41) is 13.0. The molecule has 2 N–H and O–H groups in total. The molecule has 2 aromatic rings. The van der Waals surface area contributed by atoms with Gasteiger partial charge in [0.05, 0.1) is 12.1 Å². The van der Waals surface area contributed by atoms with E-state index < -0.39 is 6.10 Å². The predicted octanol–water partition coefficient (Wildman–Crippen LogP) is 1.87. The Kier molecular flexibility index (Phi) is 3.79. The fourth-order valence-electron chi connectivity index (χ4n) is 2.60. The van der Waals surface area contributed by atoms with Crippen molar-refractivity contribution >= 4 is 12.0 Å². The van der Waals surface area contributed by atoms with Gasteiger partial charge in [0.25, 0.3) is 0 Å². The first-order chi connectivity index (χ1) is 10.2. The number of nitrogens with one attached hydrogen (secondary N) is 1. The van der Waals surface area contributed by atoms with Crippen molar-refractivity contribution < 1.29 is 9.90 Å². The number of benzene rings is 1. The van der Waals surface area contributed by atoms with E-state index in [1.54, 1.807) is 18.5 Å². The monoisotopic (exact) mass is 280 g/mol. The summed E-state index contributed by atoms with van der Waals surface area (Å²) >= 11 is 0. The first-order valence-electron chi connectivity index (χ1n) is 6.88. The zero-order chi connectivity index (χ0) is 14.7. The van der Waals surface area contributed by atoms with Crippen LogP contribution in [0.5, 0.6) is 0 Å². The molecule has 0 unspecified atom stereocenters. The van der Waals surface area contributed by atoms with E-state index in [4.69, 9.17) is 0 Å². The van der Waals surface area contributed by atoms with Gasteiger partial charge in [0.15, 0.2) is 0 Å². The van der Waals surface area contributed by atoms with Gasteiger partial charge < -0.3 is 10.4 Å². The number of aliphatic hydroxyl groups is 1. The SMILES string of the molecule is O=C(/C=C/c1cccnc1)N[C@H]1c2ccccc2C[C@H]1O. The van der Waals surface area contributed by atoms with Gasteiger partial charge in [-0.2, -0.15) is 0 Å². The molecule has 0 bridgehead atoms. The van der Waals surface area contributed by atoms with Crippen LogP contribution in [-0.2, 0) is 11.2 Å². The third-order valence-corrected chi connectivity index (χ3v) is 3.61. The Bertz CT molecular complexity index is 668. The second-order valence-electron chi connectivity index (χ2n) is 5.08. The van der Waals surface area contributed by atoms with Crippen molar-refractivity contribution in [3.63, 3.8) is 0 Å². The van der Waals surface area contributed by atoms with Gasteiger partial charge in [-0.1, -0.05) is 30.3 Å². The van der Waals surface area contributed by atoms with Crippen molar-refractivity contribution in [1.82, 2.24) is 10.3 Å². The number of aromatic nitrogens is 1. The number of carbonyl (C=O) groups is 1. The molecule has 0 spiro atoms. The van der Waals surface area contributed by atoms with E-state index in [1.165, 1.54) is 6.08 Å². The molecule has 0 aliphatic heterocycles. The third kappa shape index (κ3) is 3.01. The summed E-state index contributed by atoms with van der Waals surface area (Å²) in [5.74, 6) is -0.223. The van der Waals surface area contributed by atoms with Crippen LogP contribution >= 0.6 is 0 Å². The smallest absolute Gasteiger partial charge is 0.244 e. The first-order valence-corrected chi connectivity index (χ1v) is 6.88. The van der Waals surface area contributed by atoms with Crippen LogP contribution in [0.25, 0.3) is 6.08 Å². The van der Waals surface area contributed by atoms with Gasteiger partial charge in [0, 0.05) is 24.9 Å².